The normalized spacial score (nSPS) is 11.1. The van der Waals surface area contributed by atoms with Gasteiger partial charge in [-0.2, -0.15) is 5.10 Å². The topological polar surface area (TPSA) is 50.7 Å². The molecule has 0 aliphatic rings. The Morgan fingerprint density at radius 3 is 2.65 bits per heavy atom. The van der Waals surface area contributed by atoms with E-state index in [0.717, 1.165) is 22.6 Å². The Hall–Kier alpha value is -2.14. The summed E-state index contributed by atoms with van der Waals surface area (Å²) in [6.45, 7) is 7.02. The van der Waals surface area contributed by atoms with Gasteiger partial charge in [0.25, 0.3) is 5.91 Å². The maximum Gasteiger partial charge on any atom is 0.271 e. The summed E-state index contributed by atoms with van der Waals surface area (Å²) >= 11 is 1.59. The monoisotopic (exact) mass is 330 g/mol. The molecule has 0 saturated heterocycles. The molecule has 0 saturated carbocycles. The average Bonchev–Trinajstić information content (AvgIpc) is 2.93. The maximum absolute atomic E-state index is 12.0. The number of amides is 1. The van der Waals surface area contributed by atoms with Gasteiger partial charge in [0.15, 0.2) is 0 Å². The number of hydrogen-bond acceptors (Lipinski definition) is 4. The summed E-state index contributed by atoms with van der Waals surface area (Å²) in [7, 11) is 0. The first-order valence-electron chi connectivity index (χ1n) is 7.66. The Bertz CT molecular complexity index is 660. The van der Waals surface area contributed by atoms with Crippen molar-refractivity contribution in [3.63, 3.8) is 0 Å². The number of thiophene rings is 1. The summed E-state index contributed by atoms with van der Waals surface area (Å²) in [4.78, 5) is 13.1. The first-order chi connectivity index (χ1) is 11.1. The number of aryl methyl sites for hydroxylation is 1. The zero-order valence-corrected chi connectivity index (χ0v) is 14.5. The number of carbonyl (C=O) groups is 1. The van der Waals surface area contributed by atoms with Crippen LogP contribution in [0.4, 0.5) is 0 Å². The Morgan fingerprint density at radius 2 is 2.04 bits per heavy atom. The van der Waals surface area contributed by atoms with Crippen LogP contribution in [0.2, 0.25) is 0 Å². The third kappa shape index (κ3) is 5.53. The maximum atomic E-state index is 12.0. The molecule has 0 aliphatic heterocycles. The second-order valence-corrected chi connectivity index (χ2v) is 6.67. The van der Waals surface area contributed by atoms with Crippen molar-refractivity contribution in [2.45, 2.75) is 27.2 Å². The average molecular weight is 330 g/mol. The van der Waals surface area contributed by atoms with E-state index in [9.17, 15) is 4.79 Å². The number of benzene rings is 1. The number of hydrogen-bond donors (Lipinski definition) is 1. The Balaban J connectivity index is 1.85. The van der Waals surface area contributed by atoms with Crippen molar-refractivity contribution in [2.24, 2.45) is 11.0 Å². The second-order valence-electron chi connectivity index (χ2n) is 5.72. The minimum atomic E-state index is -0.232. The molecule has 23 heavy (non-hydrogen) atoms. The van der Waals surface area contributed by atoms with Crippen LogP contribution in [0, 0.1) is 12.8 Å². The molecule has 1 aromatic carbocycles. The van der Waals surface area contributed by atoms with Gasteiger partial charge in [-0.15, -0.1) is 11.3 Å². The lowest BCUT2D eigenvalue weighted by Gasteiger charge is -2.08. The van der Waals surface area contributed by atoms with Gasteiger partial charge in [-0.25, -0.2) is 5.43 Å². The smallest absolute Gasteiger partial charge is 0.271 e. The Labute approximate surface area is 141 Å². The molecule has 0 aliphatic carbocycles. The van der Waals surface area contributed by atoms with E-state index in [4.69, 9.17) is 4.74 Å². The van der Waals surface area contributed by atoms with Crippen LogP contribution in [0.1, 0.15) is 41.1 Å². The van der Waals surface area contributed by atoms with Gasteiger partial charge in [0.1, 0.15) is 5.75 Å². The lowest BCUT2D eigenvalue weighted by Crippen LogP contribution is -2.17. The Kier molecular flexibility index (Phi) is 6.35. The minimum Gasteiger partial charge on any atom is -0.494 e. The van der Waals surface area contributed by atoms with Gasteiger partial charge in [0.05, 0.1) is 12.8 Å². The van der Waals surface area contributed by atoms with Crippen LogP contribution in [-0.4, -0.2) is 18.7 Å². The van der Waals surface area contributed by atoms with Crippen molar-refractivity contribution in [2.75, 3.05) is 6.61 Å². The summed E-state index contributed by atoms with van der Waals surface area (Å²) in [5.41, 5.74) is 4.24. The van der Waals surface area contributed by atoms with Crippen LogP contribution in [0.25, 0.3) is 0 Å². The molecule has 1 heterocycles. The predicted molar refractivity (Wildman–Crippen MR) is 95.5 cm³/mol. The molecule has 0 atom stereocenters. The molecular formula is C18H22N2O2S. The number of rotatable bonds is 7. The molecule has 0 spiro atoms. The molecule has 5 heteroatoms. The third-order valence-electron chi connectivity index (χ3n) is 3.33. The van der Waals surface area contributed by atoms with Crippen LogP contribution in [0.5, 0.6) is 5.75 Å². The minimum absolute atomic E-state index is 0.232. The molecule has 0 radical (unpaired) electrons. The standard InChI is InChI=1S/C18H22N2O2S/c1-13(2)8-10-22-16-6-4-15(5-7-16)18(21)20-19-12-17-14(3)9-11-23-17/h4-7,9,11-13H,8,10H2,1-3H3,(H,20,21). The van der Waals surface area contributed by atoms with Gasteiger partial charge >= 0.3 is 0 Å². The van der Waals surface area contributed by atoms with E-state index in [1.807, 2.05) is 30.5 Å². The van der Waals surface area contributed by atoms with E-state index >= 15 is 0 Å². The number of carbonyl (C=O) groups excluding carboxylic acids is 1. The quantitative estimate of drug-likeness (QED) is 0.609. The van der Waals surface area contributed by atoms with Crippen LogP contribution in [0.3, 0.4) is 0 Å². The van der Waals surface area contributed by atoms with Crippen molar-refractivity contribution >= 4 is 23.5 Å². The summed E-state index contributed by atoms with van der Waals surface area (Å²) in [5, 5.41) is 5.99. The molecule has 0 bridgehead atoms. The first-order valence-corrected chi connectivity index (χ1v) is 8.54. The lowest BCUT2D eigenvalue weighted by atomic mass is 10.1. The molecule has 2 aromatic rings. The van der Waals surface area contributed by atoms with E-state index in [2.05, 4.69) is 24.4 Å². The summed E-state index contributed by atoms with van der Waals surface area (Å²) in [6.07, 6.45) is 2.68. The summed E-state index contributed by atoms with van der Waals surface area (Å²) < 4.78 is 5.63. The van der Waals surface area contributed by atoms with E-state index in [1.54, 1.807) is 29.7 Å². The summed E-state index contributed by atoms with van der Waals surface area (Å²) in [5.74, 6) is 1.16. The predicted octanol–water partition coefficient (Wildman–Crippen LogP) is 4.25. The van der Waals surface area contributed by atoms with E-state index in [-0.39, 0.29) is 5.91 Å². The Morgan fingerprint density at radius 1 is 1.30 bits per heavy atom. The fourth-order valence-corrected chi connectivity index (χ4v) is 2.63. The number of nitrogens with zero attached hydrogens (tertiary/aromatic N) is 1. The van der Waals surface area contributed by atoms with E-state index in [1.165, 1.54) is 0 Å². The molecule has 2 rings (SSSR count). The van der Waals surface area contributed by atoms with Gasteiger partial charge in [0.2, 0.25) is 0 Å². The molecule has 122 valence electrons. The lowest BCUT2D eigenvalue weighted by molar-refractivity contribution is 0.0955. The van der Waals surface area contributed by atoms with Crippen molar-refractivity contribution in [1.29, 1.82) is 0 Å². The third-order valence-corrected chi connectivity index (χ3v) is 4.28. The molecule has 0 unspecified atom stereocenters. The molecule has 1 aromatic heterocycles. The fourth-order valence-electron chi connectivity index (χ4n) is 1.85. The van der Waals surface area contributed by atoms with Gasteiger partial charge < -0.3 is 4.74 Å². The van der Waals surface area contributed by atoms with Crippen LogP contribution >= 0.6 is 11.3 Å². The first kappa shape index (κ1) is 17.2. The molecule has 0 fully saturated rings. The SMILES string of the molecule is Cc1ccsc1C=NNC(=O)c1ccc(OCCC(C)C)cc1. The molecule has 4 nitrogen and oxygen atoms in total. The van der Waals surface area contributed by atoms with Gasteiger partial charge in [-0.05, 0) is 60.5 Å². The van der Waals surface area contributed by atoms with Crippen LogP contribution in [0.15, 0.2) is 40.8 Å². The van der Waals surface area contributed by atoms with Crippen molar-refractivity contribution in [3.05, 3.63) is 51.7 Å². The fraction of sp³-hybridized carbons (Fsp3) is 0.333. The molecule has 1 amide bonds. The van der Waals surface area contributed by atoms with Gasteiger partial charge in [0, 0.05) is 10.4 Å². The number of hydrazone groups is 1. The van der Waals surface area contributed by atoms with E-state index < -0.39 is 0 Å². The highest BCUT2D eigenvalue weighted by Gasteiger charge is 2.05. The van der Waals surface area contributed by atoms with E-state index in [0.29, 0.717) is 18.1 Å². The second kappa shape index (κ2) is 8.48. The summed E-state index contributed by atoms with van der Waals surface area (Å²) in [6, 6.07) is 9.12. The zero-order chi connectivity index (χ0) is 16.7. The van der Waals surface area contributed by atoms with Crippen LogP contribution in [-0.2, 0) is 0 Å². The zero-order valence-electron chi connectivity index (χ0n) is 13.7. The highest BCUT2D eigenvalue weighted by molar-refractivity contribution is 7.11. The molecule has 1 N–H and O–H groups in total. The van der Waals surface area contributed by atoms with Gasteiger partial charge in [-0.1, -0.05) is 13.8 Å². The van der Waals surface area contributed by atoms with Gasteiger partial charge in [-0.3, -0.25) is 4.79 Å². The number of nitrogens with one attached hydrogen (secondary N) is 1. The molecular weight excluding hydrogens is 308 g/mol. The number of ether oxygens (including phenoxy) is 1. The largest absolute Gasteiger partial charge is 0.494 e. The highest BCUT2D eigenvalue weighted by Crippen LogP contribution is 2.14. The van der Waals surface area contributed by atoms with Crippen molar-refractivity contribution < 1.29 is 9.53 Å². The highest BCUT2D eigenvalue weighted by atomic mass is 32.1. The van der Waals surface area contributed by atoms with Crippen LogP contribution < -0.4 is 10.2 Å². The van der Waals surface area contributed by atoms with Crippen molar-refractivity contribution in [3.8, 4) is 5.75 Å². The van der Waals surface area contributed by atoms with Crippen molar-refractivity contribution in [1.82, 2.24) is 5.43 Å².